The average molecular weight is 435 g/mol. The topological polar surface area (TPSA) is 91.3 Å². The van der Waals surface area contributed by atoms with Gasteiger partial charge in [0.15, 0.2) is 5.82 Å². The smallest absolute Gasteiger partial charge is 0.321 e. The third-order valence-electron chi connectivity index (χ3n) is 4.89. The number of rotatable bonds is 9. The van der Waals surface area contributed by atoms with Gasteiger partial charge in [0.1, 0.15) is 6.04 Å². The lowest BCUT2D eigenvalue weighted by atomic mass is 10.1. The lowest BCUT2D eigenvalue weighted by molar-refractivity contribution is -0.122. The molecule has 0 saturated heterocycles. The molecule has 3 amide bonds. The van der Waals surface area contributed by atoms with Crippen molar-refractivity contribution in [3.05, 3.63) is 78.0 Å². The van der Waals surface area contributed by atoms with E-state index in [1.165, 1.54) is 0 Å². The van der Waals surface area contributed by atoms with Crippen molar-refractivity contribution >= 4 is 17.8 Å². The Morgan fingerprint density at radius 3 is 2.44 bits per heavy atom. The summed E-state index contributed by atoms with van der Waals surface area (Å²) in [5.41, 5.74) is 3.02. The van der Waals surface area contributed by atoms with Crippen molar-refractivity contribution in [2.45, 2.75) is 19.4 Å². The van der Waals surface area contributed by atoms with E-state index in [1.54, 1.807) is 16.9 Å². The van der Waals surface area contributed by atoms with Gasteiger partial charge in [-0.25, -0.2) is 9.48 Å². The Labute approximate surface area is 188 Å². The predicted molar refractivity (Wildman–Crippen MR) is 126 cm³/mol. The Bertz CT molecular complexity index is 1010. The number of likely N-dealkylation sites (N-methyl/N-ethyl adjacent to an activating group) is 1. The molecule has 1 atom stereocenters. The van der Waals surface area contributed by atoms with Crippen molar-refractivity contribution in [3.8, 4) is 5.69 Å². The zero-order valence-corrected chi connectivity index (χ0v) is 18.7. The van der Waals surface area contributed by atoms with Gasteiger partial charge in [-0.2, -0.15) is 0 Å². The summed E-state index contributed by atoms with van der Waals surface area (Å²) in [5, 5.41) is 12.8. The van der Waals surface area contributed by atoms with E-state index in [2.05, 4.69) is 21.0 Å². The lowest BCUT2D eigenvalue weighted by Crippen LogP contribution is -2.50. The molecule has 32 heavy (non-hydrogen) atoms. The summed E-state index contributed by atoms with van der Waals surface area (Å²) in [7, 11) is 3.88. The van der Waals surface area contributed by atoms with Crippen molar-refractivity contribution in [2.75, 3.05) is 32.5 Å². The maximum atomic E-state index is 12.7. The third-order valence-corrected chi connectivity index (χ3v) is 4.89. The Morgan fingerprint density at radius 1 is 1.03 bits per heavy atom. The molecule has 1 heterocycles. The molecule has 0 aliphatic carbocycles. The minimum Gasteiger partial charge on any atom is -0.353 e. The van der Waals surface area contributed by atoms with Gasteiger partial charge in [-0.1, -0.05) is 48.0 Å². The van der Waals surface area contributed by atoms with Crippen LogP contribution in [-0.2, 0) is 11.2 Å². The average Bonchev–Trinajstić information content (AvgIpc) is 3.22. The molecular formula is C24H30N6O2. The van der Waals surface area contributed by atoms with Crippen LogP contribution in [0.25, 0.3) is 5.69 Å². The zero-order chi connectivity index (χ0) is 22.9. The molecule has 0 fully saturated rings. The van der Waals surface area contributed by atoms with E-state index < -0.39 is 12.1 Å². The first-order chi connectivity index (χ1) is 15.4. The van der Waals surface area contributed by atoms with Crippen molar-refractivity contribution in [3.63, 3.8) is 0 Å². The highest BCUT2D eigenvalue weighted by Crippen LogP contribution is 2.11. The maximum absolute atomic E-state index is 12.7. The largest absolute Gasteiger partial charge is 0.353 e. The number of urea groups is 1. The first-order valence-electron chi connectivity index (χ1n) is 10.6. The first-order valence-corrected chi connectivity index (χ1v) is 10.6. The van der Waals surface area contributed by atoms with Crippen LogP contribution in [0.5, 0.6) is 0 Å². The number of amides is 3. The van der Waals surface area contributed by atoms with E-state index in [0.29, 0.717) is 25.3 Å². The first kappa shape index (κ1) is 23.0. The van der Waals surface area contributed by atoms with Gasteiger partial charge in [-0.05, 0) is 38.7 Å². The fraction of sp³-hybridized carbons (Fsp3) is 0.292. The van der Waals surface area contributed by atoms with Crippen LogP contribution in [-0.4, -0.2) is 59.8 Å². The molecule has 0 aliphatic heterocycles. The summed E-state index contributed by atoms with van der Waals surface area (Å²) < 4.78 is 1.68. The fourth-order valence-electron chi connectivity index (χ4n) is 3.13. The van der Waals surface area contributed by atoms with E-state index in [0.717, 1.165) is 16.8 Å². The van der Waals surface area contributed by atoms with Crippen molar-refractivity contribution < 1.29 is 9.59 Å². The van der Waals surface area contributed by atoms with E-state index in [4.69, 9.17) is 0 Å². The lowest BCUT2D eigenvalue weighted by Gasteiger charge is -2.19. The number of nitrogens with one attached hydrogen (secondary N) is 3. The van der Waals surface area contributed by atoms with E-state index in [-0.39, 0.29) is 5.91 Å². The number of benzene rings is 2. The molecular weight excluding hydrogens is 404 g/mol. The van der Waals surface area contributed by atoms with Crippen LogP contribution in [0.3, 0.4) is 0 Å². The van der Waals surface area contributed by atoms with Crippen LogP contribution in [0.2, 0.25) is 0 Å². The number of hydrogen-bond acceptors (Lipinski definition) is 4. The summed E-state index contributed by atoms with van der Waals surface area (Å²) in [5.74, 6) is 0.172. The predicted octanol–water partition coefficient (Wildman–Crippen LogP) is 2.59. The van der Waals surface area contributed by atoms with Crippen LogP contribution in [0.15, 0.2) is 66.9 Å². The van der Waals surface area contributed by atoms with Crippen molar-refractivity contribution in [1.82, 2.24) is 25.3 Å². The molecule has 0 unspecified atom stereocenters. The molecule has 8 nitrogen and oxygen atoms in total. The summed E-state index contributed by atoms with van der Waals surface area (Å²) in [4.78, 5) is 27.4. The summed E-state index contributed by atoms with van der Waals surface area (Å²) >= 11 is 0. The number of carbonyl (C=O) groups excluding carboxylic acids is 2. The van der Waals surface area contributed by atoms with Gasteiger partial charge in [-0.15, -0.1) is 5.10 Å². The maximum Gasteiger partial charge on any atom is 0.321 e. The Kier molecular flexibility index (Phi) is 7.99. The molecule has 2 aromatic carbocycles. The number of nitrogens with zero attached hydrogens (tertiary/aromatic N) is 3. The van der Waals surface area contributed by atoms with Gasteiger partial charge < -0.3 is 15.5 Å². The van der Waals surface area contributed by atoms with Gasteiger partial charge in [0, 0.05) is 31.8 Å². The number of aromatic nitrogens is 2. The standard InChI is InChI=1S/C24H30N6O2/c1-18-9-11-20(12-10-18)30-15-13-22(28-30)27-24(32)26-21(17-19-7-5-4-6-8-19)23(31)25-14-16-29(2)3/h4-13,15,21H,14,16-17H2,1-3H3,(H,25,31)(H2,26,27,28,32)/t21-/m0/s1. The Morgan fingerprint density at radius 2 is 1.75 bits per heavy atom. The molecule has 0 saturated carbocycles. The Balaban J connectivity index is 1.63. The van der Waals surface area contributed by atoms with Gasteiger partial charge in [0.25, 0.3) is 0 Å². The summed E-state index contributed by atoms with van der Waals surface area (Å²) in [6.07, 6.45) is 2.16. The molecule has 0 aliphatic rings. The van der Waals surface area contributed by atoms with E-state index >= 15 is 0 Å². The van der Waals surface area contributed by atoms with Crippen LogP contribution in [0, 0.1) is 6.92 Å². The number of hydrogen-bond donors (Lipinski definition) is 3. The van der Waals surface area contributed by atoms with Crippen molar-refractivity contribution in [1.29, 1.82) is 0 Å². The van der Waals surface area contributed by atoms with Gasteiger partial charge in [0.2, 0.25) is 5.91 Å². The van der Waals surface area contributed by atoms with Crippen LogP contribution < -0.4 is 16.0 Å². The minimum absolute atomic E-state index is 0.226. The molecule has 8 heteroatoms. The van der Waals surface area contributed by atoms with E-state index in [1.807, 2.05) is 80.5 Å². The summed E-state index contributed by atoms with van der Waals surface area (Å²) in [6.45, 7) is 3.24. The highest BCUT2D eigenvalue weighted by Gasteiger charge is 2.21. The van der Waals surface area contributed by atoms with E-state index in [9.17, 15) is 9.59 Å². The SMILES string of the molecule is Cc1ccc(-n2ccc(NC(=O)N[C@@H](Cc3ccccc3)C(=O)NCCN(C)C)n2)cc1. The second kappa shape index (κ2) is 11.1. The molecule has 0 radical (unpaired) electrons. The third kappa shape index (κ3) is 6.95. The monoisotopic (exact) mass is 434 g/mol. The fourth-order valence-corrected chi connectivity index (χ4v) is 3.13. The van der Waals surface area contributed by atoms with Gasteiger partial charge in [-0.3, -0.25) is 10.1 Å². The Hall–Kier alpha value is -3.65. The number of aryl methyl sites for hydroxylation is 1. The molecule has 3 aromatic rings. The molecule has 1 aromatic heterocycles. The minimum atomic E-state index is -0.709. The number of anilines is 1. The second-order valence-corrected chi connectivity index (χ2v) is 7.92. The molecule has 0 spiro atoms. The van der Waals surface area contributed by atoms with Crippen LogP contribution >= 0.6 is 0 Å². The molecule has 3 N–H and O–H groups in total. The molecule has 0 bridgehead atoms. The normalized spacial score (nSPS) is 11.8. The quantitative estimate of drug-likeness (QED) is 0.483. The van der Waals surface area contributed by atoms with Crippen molar-refractivity contribution in [2.24, 2.45) is 0 Å². The molecule has 168 valence electrons. The van der Waals surface area contributed by atoms with Crippen LogP contribution in [0.1, 0.15) is 11.1 Å². The highest BCUT2D eigenvalue weighted by atomic mass is 16.2. The zero-order valence-electron chi connectivity index (χ0n) is 18.7. The summed E-state index contributed by atoms with van der Waals surface area (Å²) in [6, 6.07) is 18.0. The molecule has 3 rings (SSSR count). The second-order valence-electron chi connectivity index (χ2n) is 7.92. The highest BCUT2D eigenvalue weighted by molar-refractivity contribution is 5.93. The van der Waals surface area contributed by atoms with Gasteiger partial charge >= 0.3 is 6.03 Å². The van der Waals surface area contributed by atoms with Crippen LogP contribution in [0.4, 0.5) is 10.6 Å². The van der Waals surface area contributed by atoms with Gasteiger partial charge in [0.05, 0.1) is 5.69 Å². The number of carbonyl (C=O) groups is 2.